The molecule has 2 atom stereocenters. The Kier molecular flexibility index (Phi) is 5.07. The Morgan fingerprint density at radius 2 is 1.74 bits per heavy atom. The molecule has 4 nitrogen and oxygen atoms in total. The molecule has 0 amide bonds. The first-order chi connectivity index (χ1) is 8.39. The second kappa shape index (κ2) is 5.99. The third kappa shape index (κ3) is 3.53. The Morgan fingerprint density at radius 1 is 1.16 bits per heavy atom. The summed E-state index contributed by atoms with van der Waals surface area (Å²) in [5, 5.41) is 10.2. The molecule has 0 saturated heterocycles. The van der Waals surface area contributed by atoms with Gasteiger partial charge < -0.3 is 20.3 Å². The number of nitrogens with two attached hydrogens (primary N) is 1. The van der Waals surface area contributed by atoms with Gasteiger partial charge in [0.2, 0.25) is 0 Å². The van der Waals surface area contributed by atoms with E-state index in [0.717, 1.165) is 11.3 Å². The van der Waals surface area contributed by atoms with Crippen LogP contribution >= 0.6 is 12.4 Å². The lowest BCUT2D eigenvalue weighted by molar-refractivity contribution is 0.0399. The lowest BCUT2D eigenvalue weighted by Gasteiger charge is -2.31. The molecule has 0 aromatic heterocycles. The highest BCUT2D eigenvalue weighted by Gasteiger charge is 2.29. The quantitative estimate of drug-likeness (QED) is 0.876. The van der Waals surface area contributed by atoms with E-state index in [4.69, 9.17) is 15.2 Å². The number of hydrogen-bond donors (Lipinski definition) is 2. The Labute approximate surface area is 120 Å². The zero-order valence-corrected chi connectivity index (χ0v) is 12.4. The van der Waals surface area contributed by atoms with E-state index in [2.05, 4.69) is 0 Å². The van der Waals surface area contributed by atoms with Crippen molar-refractivity contribution >= 4 is 12.4 Å². The lowest BCUT2D eigenvalue weighted by atomic mass is 9.82. The zero-order chi connectivity index (χ0) is 13.3. The van der Waals surface area contributed by atoms with Crippen molar-refractivity contribution in [1.29, 1.82) is 0 Å². The first-order valence-electron chi connectivity index (χ1n) is 6.23. The predicted molar refractivity (Wildman–Crippen MR) is 77.1 cm³/mol. The highest BCUT2D eigenvalue weighted by Crippen LogP contribution is 2.35. The van der Waals surface area contributed by atoms with Gasteiger partial charge in [-0.05, 0) is 23.1 Å². The molecule has 2 rings (SSSR count). The fraction of sp³-hybridized carbons (Fsp3) is 0.571. The SMILES string of the molecule is CC(C)(C)[C@@H](O)[C@@H](N)c1ccc2c(c1)OCCO2.Cl. The lowest BCUT2D eigenvalue weighted by Crippen LogP contribution is -2.37. The number of fused-ring (bicyclic) bond motifs is 1. The molecule has 1 aromatic carbocycles. The van der Waals surface area contributed by atoms with Gasteiger partial charge in [-0.3, -0.25) is 0 Å². The van der Waals surface area contributed by atoms with E-state index >= 15 is 0 Å². The number of ether oxygens (including phenoxy) is 2. The largest absolute Gasteiger partial charge is 0.486 e. The fourth-order valence-electron chi connectivity index (χ4n) is 1.99. The molecular formula is C14H22ClNO3. The van der Waals surface area contributed by atoms with E-state index in [1.54, 1.807) is 0 Å². The fourth-order valence-corrected chi connectivity index (χ4v) is 1.99. The normalized spacial score (nSPS) is 17.3. The molecule has 0 radical (unpaired) electrons. The van der Waals surface area contributed by atoms with E-state index in [1.165, 1.54) is 0 Å². The van der Waals surface area contributed by atoms with Crippen LogP contribution in [0.25, 0.3) is 0 Å². The standard InChI is InChI=1S/C14H21NO3.ClH/c1-14(2,3)13(16)12(15)9-4-5-10-11(8-9)18-7-6-17-10;/h4-5,8,12-13,16H,6-7,15H2,1-3H3;1H/t12-,13-;/m0./s1. The van der Waals surface area contributed by atoms with Crippen LogP contribution in [-0.4, -0.2) is 24.4 Å². The molecule has 19 heavy (non-hydrogen) atoms. The predicted octanol–water partition coefficient (Wildman–Crippen LogP) is 2.29. The van der Waals surface area contributed by atoms with E-state index in [1.807, 2.05) is 39.0 Å². The van der Waals surface area contributed by atoms with Gasteiger partial charge in [-0.1, -0.05) is 26.8 Å². The van der Waals surface area contributed by atoms with E-state index < -0.39 is 12.1 Å². The summed E-state index contributed by atoms with van der Waals surface area (Å²) in [7, 11) is 0. The van der Waals surface area contributed by atoms with Gasteiger partial charge in [-0.15, -0.1) is 12.4 Å². The van der Waals surface area contributed by atoms with Crippen LogP contribution in [0.3, 0.4) is 0 Å². The number of aliphatic hydroxyl groups excluding tert-OH is 1. The number of rotatable bonds is 2. The van der Waals surface area contributed by atoms with Crippen LogP contribution in [0, 0.1) is 5.41 Å². The summed E-state index contributed by atoms with van der Waals surface area (Å²) < 4.78 is 11.0. The minimum Gasteiger partial charge on any atom is -0.486 e. The Hall–Kier alpha value is -0.970. The van der Waals surface area contributed by atoms with Crippen molar-refractivity contribution in [2.24, 2.45) is 11.1 Å². The smallest absolute Gasteiger partial charge is 0.161 e. The van der Waals surface area contributed by atoms with Crippen molar-refractivity contribution in [2.45, 2.75) is 32.9 Å². The molecule has 5 heteroatoms. The van der Waals surface area contributed by atoms with Gasteiger partial charge in [-0.25, -0.2) is 0 Å². The molecule has 1 aliphatic rings. The molecule has 1 heterocycles. The van der Waals surface area contributed by atoms with Crippen LogP contribution in [0.2, 0.25) is 0 Å². The summed E-state index contributed by atoms with van der Waals surface area (Å²) in [6, 6.07) is 5.15. The summed E-state index contributed by atoms with van der Waals surface area (Å²) in [4.78, 5) is 0. The summed E-state index contributed by atoms with van der Waals surface area (Å²) in [6.45, 7) is 7.02. The number of benzene rings is 1. The molecule has 0 spiro atoms. The summed E-state index contributed by atoms with van der Waals surface area (Å²) in [6.07, 6.45) is -0.611. The van der Waals surface area contributed by atoms with Crippen LogP contribution in [0.5, 0.6) is 11.5 Å². The maximum Gasteiger partial charge on any atom is 0.161 e. The molecule has 0 bridgehead atoms. The average Bonchev–Trinajstić information content (AvgIpc) is 2.35. The van der Waals surface area contributed by atoms with E-state index in [0.29, 0.717) is 19.0 Å². The highest BCUT2D eigenvalue weighted by molar-refractivity contribution is 5.85. The van der Waals surface area contributed by atoms with Gasteiger partial charge in [0.05, 0.1) is 12.1 Å². The monoisotopic (exact) mass is 287 g/mol. The van der Waals surface area contributed by atoms with Gasteiger partial charge >= 0.3 is 0 Å². The molecule has 1 aliphatic heterocycles. The van der Waals surface area contributed by atoms with Crippen LogP contribution < -0.4 is 15.2 Å². The molecule has 0 saturated carbocycles. The van der Waals surface area contributed by atoms with Gasteiger partial charge in [0.15, 0.2) is 11.5 Å². The summed E-state index contributed by atoms with van der Waals surface area (Å²) in [5.74, 6) is 1.44. The molecule has 1 aromatic rings. The minimum absolute atomic E-state index is 0. The number of aliphatic hydroxyl groups is 1. The average molecular weight is 288 g/mol. The molecular weight excluding hydrogens is 266 g/mol. The maximum atomic E-state index is 10.2. The van der Waals surface area contributed by atoms with Gasteiger partial charge in [-0.2, -0.15) is 0 Å². The molecule has 3 N–H and O–H groups in total. The second-order valence-electron chi connectivity index (χ2n) is 5.74. The van der Waals surface area contributed by atoms with Gasteiger partial charge in [0.1, 0.15) is 13.2 Å². The Balaban J connectivity index is 0.00000180. The topological polar surface area (TPSA) is 64.7 Å². The van der Waals surface area contributed by atoms with E-state index in [-0.39, 0.29) is 17.8 Å². The maximum absolute atomic E-state index is 10.2. The molecule has 0 unspecified atom stereocenters. The van der Waals surface area contributed by atoms with Crippen molar-refractivity contribution in [3.05, 3.63) is 23.8 Å². The van der Waals surface area contributed by atoms with E-state index in [9.17, 15) is 5.11 Å². The third-order valence-corrected chi connectivity index (χ3v) is 3.18. The zero-order valence-electron chi connectivity index (χ0n) is 11.6. The van der Waals surface area contributed by atoms with Crippen molar-refractivity contribution in [3.8, 4) is 11.5 Å². The molecule has 0 aliphatic carbocycles. The van der Waals surface area contributed by atoms with Crippen LogP contribution in [0.4, 0.5) is 0 Å². The summed E-state index contributed by atoms with van der Waals surface area (Å²) >= 11 is 0. The van der Waals surface area contributed by atoms with Gasteiger partial charge in [0, 0.05) is 0 Å². The van der Waals surface area contributed by atoms with Crippen LogP contribution in [-0.2, 0) is 0 Å². The summed E-state index contributed by atoms with van der Waals surface area (Å²) in [5.41, 5.74) is 6.72. The second-order valence-corrected chi connectivity index (χ2v) is 5.74. The number of halogens is 1. The Morgan fingerprint density at radius 3 is 2.32 bits per heavy atom. The number of hydrogen-bond acceptors (Lipinski definition) is 4. The van der Waals surface area contributed by atoms with Crippen LogP contribution in [0.15, 0.2) is 18.2 Å². The van der Waals surface area contributed by atoms with Crippen molar-refractivity contribution in [3.63, 3.8) is 0 Å². The van der Waals surface area contributed by atoms with Crippen molar-refractivity contribution in [2.75, 3.05) is 13.2 Å². The molecule has 0 fully saturated rings. The highest BCUT2D eigenvalue weighted by atomic mass is 35.5. The molecule has 108 valence electrons. The Bertz CT molecular complexity index is 431. The first-order valence-corrected chi connectivity index (χ1v) is 6.23. The third-order valence-electron chi connectivity index (χ3n) is 3.18. The van der Waals surface area contributed by atoms with Crippen molar-refractivity contribution in [1.82, 2.24) is 0 Å². The first kappa shape index (κ1) is 16.1. The van der Waals surface area contributed by atoms with Crippen molar-refractivity contribution < 1.29 is 14.6 Å². The van der Waals surface area contributed by atoms with Crippen LogP contribution in [0.1, 0.15) is 32.4 Å². The van der Waals surface area contributed by atoms with Gasteiger partial charge in [0.25, 0.3) is 0 Å². The minimum atomic E-state index is -0.611.